The summed E-state index contributed by atoms with van der Waals surface area (Å²) in [5.74, 6) is 0.796. The van der Waals surface area contributed by atoms with Crippen LogP contribution in [0.4, 0.5) is 11.5 Å². The van der Waals surface area contributed by atoms with Crippen molar-refractivity contribution in [3.05, 3.63) is 52.8 Å². The van der Waals surface area contributed by atoms with Gasteiger partial charge in [-0.15, -0.1) is 0 Å². The molecule has 0 spiro atoms. The van der Waals surface area contributed by atoms with E-state index >= 15 is 0 Å². The molecule has 108 valence electrons. The quantitative estimate of drug-likeness (QED) is 0.272. The van der Waals surface area contributed by atoms with Crippen LogP contribution in [0.5, 0.6) is 5.88 Å². The normalized spacial score (nSPS) is 10.6. The fraction of sp³-hybridized carbons (Fsp3) is 0.154. The van der Waals surface area contributed by atoms with Gasteiger partial charge in [0.2, 0.25) is 6.34 Å². The number of pyridine rings is 2. The second kappa shape index (κ2) is 6.42. The fourth-order valence-corrected chi connectivity index (χ4v) is 1.41. The summed E-state index contributed by atoms with van der Waals surface area (Å²) in [6, 6.07) is 8.13. The number of hydrogen-bond acceptors (Lipinski definition) is 5. The minimum atomic E-state index is -0.515. The first kappa shape index (κ1) is 14.4. The van der Waals surface area contributed by atoms with Crippen LogP contribution in [0.1, 0.15) is 0 Å². The molecule has 0 fully saturated rings. The third-order valence-electron chi connectivity index (χ3n) is 2.35. The molecular formula is C13H14N5O3+. The maximum atomic E-state index is 10.6. The number of rotatable bonds is 5. The highest BCUT2D eigenvalue weighted by Gasteiger charge is 2.12. The second-order valence-corrected chi connectivity index (χ2v) is 4.30. The number of aliphatic imine (C=N–C) groups is 1. The van der Waals surface area contributed by atoms with Crippen molar-refractivity contribution in [3.63, 3.8) is 0 Å². The minimum absolute atomic E-state index is 0.0914. The number of nitro groups is 1. The SMILES string of the molecule is CN(C)/C=N/c1cccc[n+]1Oc1ccc([N+](=O)[O-])cn1. The minimum Gasteiger partial charge on any atom is -0.348 e. The number of aromatic nitrogens is 2. The summed E-state index contributed by atoms with van der Waals surface area (Å²) in [6.07, 6.45) is 4.45. The molecule has 0 saturated heterocycles. The highest BCUT2D eigenvalue weighted by atomic mass is 16.7. The molecule has 0 radical (unpaired) electrons. The van der Waals surface area contributed by atoms with E-state index in [2.05, 4.69) is 9.98 Å². The average Bonchev–Trinajstić information content (AvgIpc) is 2.47. The van der Waals surface area contributed by atoms with Crippen LogP contribution in [-0.4, -0.2) is 35.2 Å². The summed E-state index contributed by atoms with van der Waals surface area (Å²) >= 11 is 0. The van der Waals surface area contributed by atoms with E-state index in [4.69, 9.17) is 4.84 Å². The molecule has 2 aromatic rings. The van der Waals surface area contributed by atoms with E-state index in [0.717, 1.165) is 6.20 Å². The van der Waals surface area contributed by atoms with Crippen LogP contribution in [0.3, 0.4) is 0 Å². The Hall–Kier alpha value is -3.03. The smallest absolute Gasteiger partial charge is 0.348 e. The molecule has 2 aromatic heterocycles. The Morgan fingerprint density at radius 2 is 2.19 bits per heavy atom. The van der Waals surface area contributed by atoms with Crippen molar-refractivity contribution in [2.24, 2.45) is 4.99 Å². The first-order valence-corrected chi connectivity index (χ1v) is 6.06. The summed E-state index contributed by atoms with van der Waals surface area (Å²) in [5.41, 5.74) is -0.0914. The summed E-state index contributed by atoms with van der Waals surface area (Å²) in [7, 11) is 3.71. The molecule has 0 aliphatic heterocycles. The molecule has 0 aliphatic carbocycles. The van der Waals surface area contributed by atoms with Crippen molar-refractivity contribution in [3.8, 4) is 5.88 Å². The lowest BCUT2D eigenvalue weighted by Crippen LogP contribution is -2.39. The van der Waals surface area contributed by atoms with Crippen molar-refractivity contribution in [1.82, 2.24) is 9.88 Å². The van der Waals surface area contributed by atoms with Crippen molar-refractivity contribution in [2.75, 3.05) is 14.1 Å². The third kappa shape index (κ3) is 3.96. The molecule has 8 nitrogen and oxygen atoms in total. The van der Waals surface area contributed by atoms with Crippen molar-refractivity contribution >= 4 is 17.8 Å². The number of hydrogen-bond donors (Lipinski definition) is 0. The van der Waals surface area contributed by atoms with Crippen LogP contribution in [0.15, 0.2) is 47.7 Å². The molecular weight excluding hydrogens is 274 g/mol. The van der Waals surface area contributed by atoms with Gasteiger partial charge in [-0.25, -0.2) is 4.98 Å². The molecule has 0 saturated carbocycles. The van der Waals surface area contributed by atoms with Crippen molar-refractivity contribution in [2.45, 2.75) is 0 Å². The third-order valence-corrected chi connectivity index (χ3v) is 2.35. The molecule has 0 aromatic carbocycles. The maximum absolute atomic E-state index is 10.6. The van der Waals surface area contributed by atoms with E-state index in [0.29, 0.717) is 5.82 Å². The zero-order chi connectivity index (χ0) is 15.2. The average molecular weight is 288 g/mol. The van der Waals surface area contributed by atoms with Gasteiger partial charge in [0.15, 0.2) is 0 Å². The zero-order valence-corrected chi connectivity index (χ0v) is 11.6. The van der Waals surface area contributed by atoms with Gasteiger partial charge in [-0.3, -0.25) is 15.0 Å². The predicted octanol–water partition coefficient (Wildman–Crippen LogP) is 1.34. The lowest BCUT2D eigenvalue weighted by Gasteiger charge is -2.02. The van der Waals surface area contributed by atoms with Gasteiger partial charge in [-0.05, 0) is 15.8 Å². The zero-order valence-electron chi connectivity index (χ0n) is 11.6. The van der Waals surface area contributed by atoms with E-state index < -0.39 is 4.92 Å². The monoisotopic (exact) mass is 288 g/mol. The van der Waals surface area contributed by atoms with Crippen LogP contribution < -0.4 is 9.57 Å². The van der Waals surface area contributed by atoms with Crippen molar-refractivity contribution < 1.29 is 14.5 Å². The molecule has 0 amide bonds. The molecule has 0 atom stereocenters. The Balaban J connectivity index is 2.21. The lowest BCUT2D eigenvalue weighted by atomic mass is 10.4. The Morgan fingerprint density at radius 1 is 1.38 bits per heavy atom. The van der Waals surface area contributed by atoms with E-state index in [1.807, 2.05) is 20.2 Å². The predicted molar refractivity (Wildman–Crippen MR) is 75.4 cm³/mol. The molecule has 2 heterocycles. The fourth-order valence-electron chi connectivity index (χ4n) is 1.41. The molecule has 2 rings (SSSR count). The van der Waals surface area contributed by atoms with Gasteiger partial charge >= 0.3 is 5.82 Å². The highest BCUT2D eigenvalue weighted by molar-refractivity contribution is 5.57. The molecule has 0 aliphatic rings. The molecule has 0 bridgehead atoms. The van der Waals surface area contributed by atoms with Crippen LogP contribution in [-0.2, 0) is 0 Å². The van der Waals surface area contributed by atoms with Gasteiger partial charge < -0.3 is 4.90 Å². The van der Waals surface area contributed by atoms with Crippen LogP contribution >= 0.6 is 0 Å². The maximum Gasteiger partial charge on any atom is 0.363 e. The van der Waals surface area contributed by atoms with Crippen LogP contribution in [0, 0.1) is 10.1 Å². The summed E-state index contributed by atoms with van der Waals surface area (Å²) in [5, 5.41) is 10.6. The Labute approximate surface area is 121 Å². The summed E-state index contributed by atoms with van der Waals surface area (Å²) in [4.78, 5) is 25.5. The van der Waals surface area contributed by atoms with Gasteiger partial charge in [0.25, 0.3) is 11.6 Å². The Bertz CT molecular complexity index is 655. The Kier molecular flexibility index (Phi) is 4.39. The van der Waals surface area contributed by atoms with Crippen molar-refractivity contribution in [1.29, 1.82) is 0 Å². The van der Waals surface area contributed by atoms with Gasteiger partial charge in [0.05, 0.1) is 4.92 Å². The first-order chi connectivity index (χ1) is 10.1. The highest BCUT2D eigenvalue weighted by Crippen LogP contribution is 2.13. The van der Waals surface area contributed by atoms with E-state index in [9.17, 15) is 10.1 Å². The summed E-state index contributed by atoms with van der Waals surface area (Å²) in [6.45, 7) is 0. The molecule has 8 heteroatoms. The topological polar surface area (TPSA) is 84.7 Å². The van der Waals surface area contributed by atoms with Crippen LogP contribution in [0.2, 0.25) is 0 Å². The van der Waals surface area contributed by atoms with Crippen LogP contribution in [0.25, 0.3) is 0 Å². The first-order valence-electron chi connectivity index (χ1n) is 6.06. The second-order valence-electron chi connectivity index (χ2n) is 4.30. The number of nitrogens with zero attached hydrogens (tertiary/aromatic N) is 5. The standard InChI is InChI=1S/C13H14N5O3/c1-16(2)10-15-12-5-3-4-8-17(12)21-13-7-6-11(9-14-13)18(19)20/h3-10H,1-2H3/q+1. The van der Waals surface area contributed by atoms with Gasteiger partial charge in [-0.2, -0.15) is 0 Å². The molecule has 0 N–H and O–H groups in total. The summed E-state index contributed by atoms with van der Waals surface area (Å²) < 4.78 is 1.42. The van der Waals surface area contributed by atoms with E-state index in [1.54, 1.807) is 29.6 Å². The van der Waals surface area contributed by atoms with Gasteiger partial charge in [0, 0.05) is 32.3 Å². The molecule has 21 heavy (non-hydrogen) atoms. The van der Waals surface area contributed by atoms with E-state index in [1.165, 1.54) is 16.9 Å². The Morgan fingerprint density at radius 3 is 2.81 bits per heavy atom. The van der Waals surface area contributed by atoms with Gasteiger partial charge in [-0.1, -0.05) is 6.07 Å². The van der Waals surface area contributed by atoms with E-state index in [-0.39, 0.29) is 11.6 Å². The largest absolute Gasteiger partial charge is 0.363 e. The van der Waals surface area contributed by atoms with Gasteiger partial charge in [0.1, 0.15) is 12.4 Å². The lowest BCUT2D eigenvalue weighted by molar-refractivity contribution is -0.865. The molecule has 0 unspecified atom stereocenters.